The molecule has 9 nitrogen and oxygen atoms in total. The lowest BCUT2D eigenvalue weighted by Crippen LogP contribution is -2.41. The number of anilines is 2. The van der Waals surface area contributed by atoms with E-state index in [-0.39, 0.29) is 6.03 Å². The van der Waals surface area contributed by atoms with Crippen LogP contribution in [0.3, 0.4) is 0 Å². The van der Waals surface area contributed by atoms with Crippen LogP contribution in [0.15, 0.2) is 66.9 Å². The maximum Gasteiger partial charge on any atom is 0.419 e. The largest absolute Gasteiger partial charge is 0.495 e. The molecule has 190 valence electrons. The van der Waals surface area contributed by atoms with Gasteiger partial charge in [-0.25, -0.2) is 19.1 Å². The van der Waals surface area contributed by atoms with E-state index < -0.39 is 11.7 Å². The fraction of sp³-hybridized carbons (Fsp3) is 0.250. The van der Waals surface area contributed by atoms with Crippen LogP contribution in [-0.2, 0) is 4.74 Å². The first-order valence-electron chi connectivity index (χ1n) is 11.9. The number of urea groups is 1. The minimum Gasteiger partial charge on any atom is -0.495 e. The standard InChI is InChI=1S/C28H28N4O5/c1-28(2,3)37-27(34)32-21(15-18-9-8-12-22(35-4)24(18)32)19-16-23-25(29-17-19)31(13-14-36-23)26(33)30-20-10-6-5-7-11-20/h5-12,15-17H,13-14H2,1-4H3,(H,30,33). The minimum atomic E-state index is -0.698. The number of methoxy groups -OCH3 is 1. The number of rotatable bonds is 3. The summed E-state index contributed by atoms with van der Waals surface area (Å²) >= 11 is 0. The molecule has 37 heavy (non-hydrogen) atoms. The van der Waals surface area contributed by atoms with E-state index in [1.165, 1.54) is 4.57 Å². The van der Waals surface area contributed by atoms with Crippen LogP contribution < -0.4 is 19.7 Å². The molecule has 4 aromatic rings. The van der Waals surface area contributed by atoms with Crippen LogP contribution in [0.5, 0.6) is 11.5 Å². The van der Waals surface area contributed by atoms with Crippen LogP contribution in [0.25, 0.3) is 22.2 Å². The highest BCUT2D eigenvalue weighted by atomic mass is 16.6. The third-order valence-corrected chi connectivity index (χ3v) is 5.81. The number of hydrogen-bond acceptors (Lipinski definition) is 6. The Morgan fingerprint density at radius 2 is 1.84 bits per heavy atom. The molecule has 3 heterocycles. The Bertz CT molecular complexity index is 1470. The highest BCUT2D eigenvalue weighted by Gasteiger charge is 2.28. The molecule has 0 atom stereocenters. The van der Waals surface area contributed by atoms with Crippen molar-refractivity contribution in [1.29, 1.82) is 0 Å². The van der Waals surface area contributed by atoms with Gasteiger partial charge >= 0.3 is 12.1 Å². The predicted molar refractivity (Wildman–Crippen MR) is 142 cm³/mol. The average Bonchev–Trinajstić information content (AvgIpc) is 3.28. The summed E-state index contributed by atoms with van der Waals surface area (Å²) in [5, 5.41) is 3.70. The van der Waals surface area contributed by atoms with Crippen molar-refractivity contribution in [1.82, 2.24) is 9.55 Å². The van der Waals surface area contributed by atoms with E-state index in [0.29, 0.717) is 52.9 Å². The summed E-state index contributed by atoms with van der Waals surface area (Å²) in [5.74, 6) is 1.39. The van der Waals surface area contributed by atoms with Gasteiger partial charge in [0.15, 0.2) is 11.6 Å². The van der Waals surface area contributed by atoms with Crippen molar-refractivity contribution in [3.05, 3.63) is 66.9 Å². The molecule has 0 radical (unpaired) electrons. The van der Waals surface area contributed by atoms with Gasteiger partial charge in [0, 0.05) is 22.8 Å². The third kappa shape index (κ3) is 4.80. The van der Waals surface area contributed by atoms with E-state index in [1.54, 1.807) is 30.3 Å². The van der Waals surface area contributed by atoms with Crippen molar-refractivity contribution < 1.29 is 23.8 Å². The van der Waals surface area contributed by atoms with Gasteiger partial charge < -0.3 is 19.5 Å². The lowest BCUT2D eigenvalue weighted by molar-refractivity contribution is 0.0546. The minimum absolute atomic E-state index is 0.302. The molecule has 0 bridgehead atoms. The molecular weight excluding hydrogens is 472 g/mol. The maximum absolute atomic E-state index is 13.4. The van der Waals surface area contributed by atoms with Crippen LogP contribution in [0.1, 0.15) is 20.8 Å². The molecule has 0 spiro atoms. The number of para-hydroxylation sites is 2. The summed E-state index contributed by atoms with van der Waals surface area (Å²) in [6, 6.07) is 18.2. The van der Waals surface area contributed by atoms with Gasteiger partial charge in [-0.05, 0) is 51.1 Å². The number of carbonyl (C=O) groups is 2. The predicted octanol–water partition coefficient (Wildman–Crippen LogP) is 5.93. The molecule has 1 aliphatic heterocycles. The van der Waals surface area contributed by atoms with Gasteiger partial charge in [-0.1, -0.05) is 30.3 Å². The second kappa shape index (κ2) is 9.50. The highest BCUT2D eigenvalue weighted by molar-refractivity contribution is 6.03. The number of pyridine rings is 1. The Kier molecular flexibility index (Phi) is 6.20. The quantitative estimate of drug-likeness (QED) is 0.375. The van der Waals surface area contributed by atoms with Gasteiger partial charge in [-0.15, -0.1) is 0 Å². The molecule has 2 aromatic heterocycles. The first-order valence-corrected chi connectivity index (χ1v) is 11.9. The number of nitrogens with one attached hydrogen (secondary N) is 1. The normalized spacial score (nSPS) is 13.0. The van der Waals surface area contributed by atoms with Crippen molar-refractivity contribution in [3.8, 4) is 22.8 Å². The SMILES string of the molecule is COc1cccc2cc(-c3cnc4c(c3)OCCN4C(=O)Nc3ccccc3)n(C(=O)OC(C)(C)C)c12. The van der Waals surface area contributed by atoms with E-state index in [9.17, 15) is 9.59 Å². The van der Waals surface area contributed by atoms with Crippen LogP contribution >= 0.6 is 0 Å². The molecule has 0 fully saturated rings. The molecule has 2 amide bonds. The van der Waals surface area contributed by atoms with Crippen molar-refractivity contribution >= 4 is 34.5 Å². The third-order valence-electron chi connectivity index (χ3n) is 5.81. The number of amides is 2. The number of fused-ring (bicyclic) bond motifs is 2. The van der Waals surface area contributed by atoms with Crippen LogP contribution in [-0.4, -0.2) is 47.5 Å². The van der Waals surface area contributed by atoms with Gasteiger partial charge in [0.25, 0.3) is 0 Å². The molecule has 5 rings (SSSR count). The Hall–Kier alpha value is -4.53. The number of aromatic nitrogens is 2. The van der Waals surface area contributed by atoms with Crippen LogP contribution in [0, 0.1) is 0 Å². The lowest BCUT2D eigenvalue weighted by Gasteiger charge is -2.28. The zero-order valence-corrected chi connectivity index (χ0v) is 21.1. The van der Waals surface area contributed by atoms with Gasteiger partial charge in [0.05, 0.1) is 19.3 Å². The number of carbonyl (C=O) groups excluding carboxylic acids is 2. The number of nitrogens with zero attached hydrogens (tertiary/aromatic N) is 3. The van der Waals surface area contributed by atoms with E-state index in [0.717, 1.165) is 5.39 Å². The van der Waals surface area contributed by atoms with E-state index in [4.69, 9.17) is 14.2 Å². The summed E-state index contributed by atoms with van der Waals surface area (Å²) in [4.78, 5) is 32.5. The Balaban J connectivity index is 1.56. The van der Waals surface area contributed by atoms with Crippen molar-refractivity contribution in [2.45, 2.75) is 26.4 Å². The van der Waals surface area contributed by atoms with Gasteiger partial charge in [0.2, 0.25) is 0 Å². The van der Waals surface area contributed by atoms with Gasteiger partial charge in [-0.3, -0.25) is 4.90 Å². The molecule has 0 unspecified atom stereocenters. The fourth-order valence-corrected chi connectivity index (χ4v) is 4.25. The maximum atomic E-state index is 13.4. The Labute approximate surface area is 214 Å². The second-order valence-corrected chi connectivity index (χ2v) is 9.59. The van der Waals surface area contributed by atoms with E-state index in [1.807, 2.05) is 69.3 Å². The molecule has 0 saturated carbocycles. The van der Waals surface area contributed by atoms with Gasteiger partial charge in [-0.2, -0.15) is 0 Å². The summed E-state index contributed by atoms with van der Waals surface area (Å²) in [7, 11) is 1.56. The summed E-state index contributed by atoms with van der Waals surface area (Å²) < 4.78 is 18.7. The smallest absolute Gasteiger partial charge is 0.419 e. The molecule has 9 heteroatoms. The first-order chi connectivity index (χ1) is 17.7. The first kappa shape index (κ1) is 24.2. The molecule has 2 aromatic carbocycles. The Morgan fingerprint density at radius 1 is 1.05 bits per heavy atom. The summed E-state index contributed by atoms with van der Waals surface area (Å²) in [6.07, 6.45) is 1.09. The molecule has 1 aliphatic rings. The van der Waals surface area contributed by atoms with Crippen molar-refractivity contribution in [2.75, 3.05) is 30.5 Å². The van der Waals surface area contributed by atoms with E-state index >= 15 is 0 Å². The molecule has 0 aliphatic carbocycles. The Morgan fingerprint density at radius 3 is 2.57 bits per heavy atom. The fourth-order valence-electron chi connectivity index (χ4n) is 4.25. The van der Waals surface area contributed by atoms with Crippen molar-refractivity contribution in [3.63, 3.8) is 0 Å². The zero-order chi connectivity index (χ0) is 26.2. The van der Waals surface area contributed by atoms with Gasteiger partial charge in [0.1, 0.15) is 23.5 Å². The second-order valence-electron chi connectivity index (χ2n) is 9.59. The highest BCUT2D eigenvalue weighted by Crippen LogP contribution is 2.38. The van der Waals surface area contributed by atoms with E-state index in [2.05, 4.69) is 10.3 Å². The van der Waals surface area contributed by atoms with Crippen molar-refractivity contribution in [2.24, 2.45) is 0 Å². The monoisotopic (exact) mass is 500 g/mol. The molecular formula is C28H28N4O5. The molecule has 1 N–H and O–H groups in total. The average molecular weight is 501 g/mol. The lowest BCUT2D eigenvalue weighted by atomic mass is 10.1. The summed E-state index contributed by atoms with van der Waals surface area (Å²) in [5.41, 5.74) is 1.79. The zero-order valence-electron chi connectivity index (χ0n) is 21.1. The molecule has 0 saturated heterocycles. The van der Waals surface area contributed by atoms with Crippen LogP contribution in [0.4, 0.5) is 21.1 Å². The number of benzene rings is 2. The number of hydrogen-bond donors (Lipinski definition) is 1. The number of ether oxygens (including phenoxy) is 3. The topological polar surface area (TPSA) is 94.9 Å². The summed E-state index contributed by atoms with van der Waals surface area (Å²) in [6.45, 7) is 6.11. The van der Waals surface area contributed by atoms with Crippen LogP contribution in [0.2, 0.25) is 0 Å².